The fourth-order valence-electron chi connectivity index (χ4n) is 2.38. The Morgan fingerprint density at radius 3 is 2.36 bits per heavy atom. The summed E-state index contributed by atoms with van der Waals surface area (Å²) in [6.45, 7) is 1.14. The number of alkyl halides is 2. The Morgan fingerprint density at radius 1 is 1.08 bits per heavy atom. The molecule has 1 unspecified atom stereocenters. The van der Waals surface area contributed by atoms with Crippen molar-refractivity contribution in [2.45, 2.75) is 33.1 Å². The number of rotatable bonds is 7. The van der Waals surface area contributed by atoms with Gasteiger partial charge in [0.1, 0.15) is 11.5 Å². The number of halogens is 2. The number of likely N-dealkylation sites (N-methyl/N-ethyl adjacent to an activating group) is 1. The first kappa shape index (κ1) is 18.7. The summed E-state index contributed by atoms with van der Waals surface area (Å²) in [5, 5.41) is 0. The Kier molecular flexibility index (Phi) is 6.33. The van der Waals surface area contributed by atoms with Crippen molar-refractivity contribution in [2.24, 2.45) is 0 Å². The fraction of sp³-hybridized carbons (Fsp3) is 0.316. The van der Waals surface area contributed by atoms with Gasteiger partial charge in [0.15, 0.2) is 6.10 Å². The van der Waals surface area contributed by atoms with E-state index in [1.54, 1.807) is 32.2 Å². The minimum atomic E-state index is -2.85. The molecule has 1 amide bonds. The van der Waals surface area contributed by atoms with Crippen molar-refractivity contribution in [2.75, 3.05) is 7.05 Å². The lowest BCUT2D eigenvalue weighted by Crippen LogP contribution is -2.37. The maximum Gasteiger partial charge on any atom is 0.387 e. The number of carbonyl (C=O) groups excluding carboxylic acids is 1. The van der Waals surface area contributed by atoms with Crippen molar-refractivity contribution in [1.29, 1.82) is 0 Å². The largest absolute Gasteiger partial charge is 0.481 e. The highest BCUT2D eigenvalue weighted by Gasteiger charge is 2.19. The van der Waals surface area contributed by atoms with Crippen LogP contribution < -0.4 is 9.47 Å². The minimum Gasteiger partial charge on any atom is -0.481 e. The summed E-state index contributed by atoms with van der Waals surface area (Å²) in [6.07, 6.45) is -0.631. The molecule has 2 aromatic rings. The summed E-state index contributed by atoms with van der Waals surface area (Å²) in [5.41, 5.74) is 1.86. The maximum absolute atomic E-state index is 12.4. The van der Waals surface area contributed by atoms with Crippen LogP contribution in [0.3, 0.4) is 0 Å². The van der Waals surface area contributed by atoms with Gasteiger partial charge >= 0.3 is 6.61 Å². The van der Waals surface area contributed by atoms with E-state index in [2.05, 4.69) is 4.74 Å². The first-order valence-corrected chi connectivity index (χ1v) is 7.87. The standard InChI is InChI=1S/C19H21F2NO3/c1-13-5-4-6-17(11-13)24-14(2)18(23)22(3)12-15-7-9-16(10-8-15)25-19(20)21/h4-11,14,19H,12H2,1-3H3. The third kappa shape index (κ3) is 5.74. The van der Waals surface area contributed by atoms with E-state index in [0.717, 1.165) is 11.1 Å². The number of hydrogen-bond donors (Lipinski definition) is 0. The number of amides is 1. The number of ether oxygens (including phenoxy) is 2. The van der Waals surface area contributed by atoms with Crippen LogP contribution in [-0.2, 0) is 11.3 Å². The van der Waals surface area contributed by atoms with E-state index < -0.39 is 12.7 Å². The molecule has 0 spiro atoms. The monoisotopic (exact) mass is 349 g/mol. The fourth-order valence-corrected chi connectivity index (χ4v) is 2.38. The highest BCUT2D eigenvalue weighted by molar-refractivity contribution is 5.80. The first-order valence-electron chi connectivity index (χ1n) is 7.87. The summed E-state index contributed by atoms with van der Waals surface area (Å²) < 4.78 is 34.3. The topological polar surface area (TPSA) is 38.8 Å². The second-order valence-electron chi connectivity index (χ2n) is 5.79. The van der Waals surface area contributed by atoms with Crippen LogP contribution in [0.4, 0.5) is 8.78 Å². The molecule has 0 bridgehead atoms. The highest BCUT2D eigenvalue weighted by atomic mass is 19.3. The predicted molar refractivity (Wildman–Crippen MR) is 90.8 cm³/mol. The van der Waals surface area contributed by atoms with E-state index in [1.165, 1.54) is 17.0 Å². The van der Waals surface area contributed by atoms with E-state index in [-0.39, 0.29) is 11.7 Å². The van der Waals surface area contributed by atoms with Crippen LogP contribution in [0.25, 0.3) is 0 Å². The zero-order valence-electron chi connectivity index (χ0n) is 14.4. The number of nitrogens with zero attached hydrogens (tertiary/aromatic N) is 1. The van der Waals surface area contributed by atoms with Gasteiger partial charge in [-0.15, -0.1) is 0 Å². The minimum absolute atomic E-state index is 0.0869. The van der Waals surface area contributed by atoms with Gasteiger partial charge in [0.05, 0.1) is 0 Å². The van der Waals surface area contributed by atoms with Crippen molar-refractivity contribution in [3.63, 3.8) is 0 Å². The smallest absolute Gasteiger partial charge is 0.387 e. The molecule has 0 heterocycles. The average molecular weight is 349 g/mol. The lowest BCUT2D eigenvalue weighted by atomic mass is 10.2. The van der Waals surface area contributed by atoms with Gasteiger partial charge in [0, 0.05) is 13.6 Å². The molecule has 2 aromatic carbocycles. The van der Waals surface area contributed by atoms with Gasteiger partial charge in [0.25, 0.3) is 5.91 Å². The average Bonchev–Trinajstić information content (AvgIpc) is 2.55. The molecule has 2 rings (SSSR count). The van der Waals surface area contributed by atoms with Gasteiger partial charge in [-0.05, 0) is 49.2 Å². The molecule has 0 radical (unpaired) electrons. The molecule has 1 atom stereocenters. The van der Waals surface area contributed by atoms with Gasteiger partial charge in [0.2, 0.25) is 0 Å². The van der Waals surface area contributed by atoms with Crippen LogP contribution in [0.1, 0.15) is 18.1 Å². The Labute approximate surface area is 146 Å². The van der Waals surface area contributed by atoms with Gasteiger partial charge in [-0.1, -0.05) is 24.3 Å². The maximum atomic E-state index is 12.4. The van der Waals surface area contributed by atoms with Crippen molar-refractivity contribution in [1.82, 2.24) is 4.90 Å². The highest BCUT2D eigenvalue weighted by Crippen LogP contribution is 2.17. The third-order valence-electron chi connectivity index (χ3n) is 3.59. The first-order chi connectivity index (χ1) is 11.8. The Hall–Kier alpha value is -2.63. The molecular formula is C19H21F2NO3. The third-order valence-corrected chi connectivity index (χ3v) is 3.59. The van der Waals surface area contributed by atoms with Crippen molar-refractivity contribution in [3.8, 4) is 11.5 Å². The van der Waals surface area contributed by atoms with Crippen LogP contribution in [0.2, 0.25) is 0 Å². The molecule has 0 saturated carbocycles. The van der Waals surface area contributed by atoms with Crippen LogP contribution in [0, 0.1) is 6.92 Å². The van der Waals surface area contributed by atoms with Crippen LogP contribution in [0.15, 0.2) is 48.5 Å². The summed E-state index contributed by atoms with van der Waals surface area (Å²) in [4.78, 5) is 14.0. The Bertz CT molecular complexity index is 704. The normalized spacial score (nSPS) is 11.9. The number of hydrogen-bond acceptors (Lipinski definition) is 3. The summed E-state index contributed by atoms with van der Waals surface area (Å²) in [5.74, 6) is 0.557. The zero-order chi connectivity index (χ0) is 18.4. The number of benzene rings is 2. The number of aryl methyl sites for hydroxylation is 1. The van der Waals surface area contributed by atoms with Crippen molar-refractivity contribution in [3.05, 3.63) is 59.7 Å². The van der Waals surface area contributed by atoms with Gasteiger partial charge in [-0.2, -0.15) is 8.78 Å². The molecule has 25 heavy (non-hydrogen) atoms. The van der Waals surface area contributed by atoms with Crippen molar-refractivity contribution < 1.29 is 23.0 Å². The van der Waals surface area contributed by atoms with Crippen LogP contribution in [-0.4, -0.2) is 30.6 Å². The number of carbonyl (C=O) groups is 1. The molecule has 6 heteroatoms. The van der Waals surface area contributed by atoms with E-state index in [1.807, 2.05) is 25.1 Å². The van der Waals surface area contributed by atoms with Crippen molar-refractivity contribution >= 4 is 5.91 Å². The van der Waals surface area contributed by atoms with E-state index in [4.69, 9.17) is 4.74 Å². The van der Waals surface area contributed by atoms with E-state index >= 15 is 0 Å². The summed E-state index contributed by atoms with van der Waals surface area (Å²) in [7, 11) is 1.67. The molecule has 0 N–H and O–H groups in total. The van der Waals surface area contributed by atoms with Gasteiger partial charge in [-0.3, -0.25) is 4.79 Å². The molecule has 134 valence electrons. The molecule has 0 aliphatic rings. The molecule has 0 saturated heterocycles. The molecule has 0 aliphatic heterocycles. The Balaban J connectivity index is 1.92. The molecule has 0 aliphatic carbocycles. The predicted octanol–water partition coefficient (Wildman–Crippen LogP) is 4.02. The van der Waals surface area contributed by atoms with E-state index in [0.29, 0.717) is 12.3 Å². The quantitative estimate of drug-likeness (QED) is 0.758. The molecule has 0 fully saturated rings. The Morgan fingerprint density at radius 2 is 1.76 bits per heavy atom. The zero-order valence-corrected chi connectivity index (χ0v) is 14.4. The second kappa shape index (κ2) is 8.46. The summed E-state index contributed by atoms with van der Waals surface area (Å²) >= 11 is 0. The van der Waals surface area contributed by atoms with Gasteiger partial charge in [-0.25, -0.2) is 0 Å². The lowest BCUT2D eigenvalue weighted by Gasteiger charge is -2.22. The van der Waals surface area contributed by atoms with Crippen LogP contribution >= 0.6 is 0 Å². The van der Waals surface area contributed by atoms with Crippen LogP contribution in [0.5, 0.6) is 11.5 Å². The summed E-state index contributed by atoms with van der Waals surface area (Å²) in [6, 6.07) is 13.7. The van der Waals surface area contributed by atoms with E-state index in [9.17, 15) is 13.6 Å². The molecule has 4 nitrogen and oxygen atoms in total. The molecule has 0 aromatic heterocycles. The van der Waals surface area contributed by atoms with Gasteiger partial charge < -0.3 is 14.4 Å². The second-order valence-corrected chi connectivity index (χ2v) is 5.79. The molecular weight excluding hydrogens is 328 g/mol. The lowest BCUT2D eigenvalue weighted by molar-refractivity contribution is -0.137. The SMILES string of the molecule is Cc1cccc(OC(C)C(=O)N(C)Cc2ccc(OC(F)F)cc2)c1.